The Morgan fingerprint density at radius 3 is 2.90 bits per heavy atom. The van der Waals surface area contributed by atoms with Gasteiger partial charge in [-0.3, -0.25) is 0 Å². The third kappa shape index (κ3) is 4.28. The molecular formula is C16H15ClO2S. The fourth-order valence-electron chi connectivity index (χ4n) is 1.59. The van der Waals surface area contributed by atoms with Crippen LogP contribution >= 0.6 is 22.9 Å². The van der Waals surface area contributed by atoms with Crippen molar-refractivity contribution in [1.82, 2.24) is 0 Å². The van der Waals surface area contributed by atoms with Gasteiger partial charge in [-0.2, -0.15) is 0 Å². The van der Waals surface area contributed by atoms with Crippen molar-refractivity contribution >= 4 is 22.9 Å². The monoisotopic (exact) mass is 306 g/mol. The van der Waals surface area contributed by atoms with Gasteiger partial charge >= 0.3 is 0 Å². The summed E-state index contributed by atoms with van der Waals surface area (Å²) in [5.41, 5.74) is 1.01. The molecule has 0 aliphatic heterocycles. The van der Waals surface area contributed by atoms with E-state index in [4.69, 9.17) is 21.4 Å². The molecule has 0 saturated heterocycles. The van der Waals surface area contributed by atoms with Crippen LogP contribution in [0, 0.1) is 18.8 Å². The Labute approximate surface area is 128 Å². The summed E-state index contributed by atoms with van der Waals surface area (Å²) in [7, 11) is 0. The zero-order chi connectivity index (χ0) is 14.4. The van der Waals surface area contributed by atoms with Gasteiger partial charge in [-0.25, -0.2) is 0 Å². The number of aliphatic hydroxyl groups is 1. The Kier molecular flexibility index (Phi) is 5.49. The van der Waals surface area contributed by atoms with Crippen LogP contribution in [0.4, 0.5) is 0 Å². The summed E-state index contributed by atoms with van der Waals surface area (Å²) < 4.78 is 5.73. The predicted octanol–water partition coefficient (Wildman–Crippen LogP) is 4.02. The second kappa shape index (κ2) is 7.35. The minimum Gasteiger partial charge on any atom is -0.488 e. The van der Waals surface area contributed by atoms with Gasteiger partial charge in [0.05, 0.1) is 11.5 Å². The Bertz CT molecular complexity index is 637. The van der Waals surface area contributed by atoms with E-state index in [1.54, 1.807) is 11.3 Å². The molecule has 20 heavy (non-hydrogen) atoms. The maximum atomic E-state index is 8.67. The summed E-state index contributed by atoms with van der Waals surface area (Å²) in [6.07, 6.45) is 0.508. The minimum atomic E-state index is 0.101. The average Bonchev–Trinajstić information content (AvgIpc) is 2.88. The van der Waals surface area contributed by atoms with Gasteiger partial charge in [-0.15, -0.1) is 11.3 Å². The van der Waals surface area contributed by atoms with Gasteiger partial charge in [0.15, 0.2) is 0 Å². The van der Waals surface area contributed by atoms with Crippen molar-refractivity contribution < 1.29 is 9.84 Å². The van der Waals surface area contributed by atoms with E-state index in [1.807, 2.05) is 37.3 Å². The summed E-state index contributed by atoms with van der Waals surface area (Å²) in [6, 6.07) is 9.62. The molecule has 0 aliphatic carbocycles. The first-order chi connectivity index (χ1) is 9.69. The zero-order valence-electron chi connectivity index (χ0n) is 11.1. The highest BCUT2D eigenvalue weighted by Gasteiger charge is 2.01. The molecule has 0 bridgehead atoms. The molecular weight excluding hydrogens is 292 g/mol. The molecule has 2 rings (SSSR count). The number of hydrogen-bond acceptors (Lipinski definition) is 3. The first-order valence-corrected chi connectivity index (χ1v) is 7.46. The number of halogens is 1. The van der Waals surface area contributed by atoms with Crippen LogP contribution in [0.5, 0.6) is 5.75 Å². The molecule has 0 saturated carbocycles. The average molecular weight is 307 g/mol. The SMILES string of the molecule is Cc1cc(OCc2ccc(C#CCCO)s2)ccc1Cl. The number of thiophene rings is 1. The molecule has 0 spiro atoms. The highest BCUT2D eigenvalue weighted by atomic mass is 35.5. The van der Waals surface area contributed by atoms with Crippen LogP contribution in [-0.4, -0.2) is 11.7 Å². The lowest BCUT2D eigenvalue weighted by molar-refractivity contribution is 0.305. The Balaban J connectivity index is 1.94. The fourth-order valence-corrected chi connectivity index (χ4v) is 2.50. The Hall–Kier alpha value is -1.47. The van der Waals surface area contributed by atoms with Crippen LogP contribution in [0.2, 0.25) is 5.02 Å². The number of hydrogen-bond donors (Lipinski definition) is 1. The van der Waals surface area contributed by atoms with Gasteiger partial charge in [0.1, 0.15) is 12.4 Å². The third-order valence-electron chi connectivity index (χ3n) is 2.62. The number of benzene rings is 1. The van der Waals surface area contributed by atoms with E-state index in [0.717, 1.165) is 26.1 Å². The molecule has 0 atom stereocenters. The summed E-state index contributed by atoms with van der Waals surface area (Å²) >= 11 is 7.58. The molecule has 1 aromatic carbocycles. The quantitative estimate of drug-likeness (QED) is 0.864. The van der Waals surface area contributed by atoms with Crippen LogP contribution < -0.4 is 4.74 Å². The van der Waals surface area contributed by atoms with Crippen molar-refractivity contribution in [1.29, 1.82) is 0 Å². The zero-order valence-corrected chi connectivity index (χ0v) is 12.7. The van der Waals surface area contributed by atoms with Gasteiger partial charge in [0.25, 0.3) is 0 Å². The lowest BCUT2D eigenvalue weighted by Crippen LogP contribution is -1.93. The molecule has 1 aromatic heterocycles. The Morgan fingerprint density at radius 2 is 2.15 bits per heavy atom. The molecule has 0 unspecified atom stereocenters. The standard InChI is InChI=1S/C16H15ClO2S/c1-12-10-13(5-8-16(12)17)19-11-15-7-6-14(20-15)4-2-3-9-18/h5-8,10,18H,3,9,11H2,1H3. The molecule has 1 heterocycles. The number of aryl methyl sites for hydroxylation is 1. The van der Waals surface area contributed by atoms with E-state index >= 15 is 0 Å². The summed E-state index contributed by atoms with van der Waals surface area (Å²) in [5, 5.41) is 9.42. The molecule has 0 aliphatic rings. The molecule has 2 nitrogen and oxygen atoms in total. The molecule has 104 valence electrons. The number of rotatable bonds is 4. The maximum absolute atomic E-state index is 8.67. The van der Waals surface area contributed by atoms with Crippen molar-refractivity contribution in [2.24, 2.45) is 0 Å². The van der Waals surface area contributed by atoms with E-state index in [2.05, 4.69) is 11.8 Å². The van der Waals surface area contributed by atoms with E-state index in [1.165, 1.54) is 0 Å². The first kappa shape index (κ1) is 14.9. The van der Waals surface area contributed by atoms with Gasteiger partial charge in [0.2, 0.25) is 0 Å². The third-order valence-corrected chi connectivity index (χ3v) is 4.02. The minimum absolute atomic E-state index is 0.101. The van der Waals surface area contributed by atoms with Crippen molar-refractivity contribution in [2.75, 3.05) is 6.61 Å². The second-order valence-electron chi connectivity index (χ2n) is 4.24. The largest absolute Gasteiger partial charge is 0.488 e. The van der Waals surface area contributed by atoms with E-state index < -0.39 is 0 Å². The Morgan fingerprint density at radius 1 is 1.30 bits per heavy atom. The van der Waals surface area contributed by atoms with Crippen LogP contribution in [0.25, 0.3) is 0 Å². The maximum Gasteiger partial charge on any atom is 0.122 e. The van der Waals surface area contributed by atoms with Crippen molar-refractivity contribution in [3.63, 3.8) is 0 Å². The highest BCUT2D eigenvalue weighted by Crippen LogP contribution is 2.23. The summed E-state index contributed by atoms with van der Waals surface area (Å²) in [6.45, 7) is 2.58. The summed E-state index contributed by atoms with van der Waals surface area (Å²) in [5.74, 6) is 6.74. The van der Waals surface area contributed by atoms with Crippen molar-refractivity contribution in [3.8, 4) is 17.6 Å². The van der Waals surface area contributed by atoms with E-state index in [9.17, 15) is 0 Å². The number of ether oxygens (including phenoxy) is 1. The lowest BCUT2D eigenvalue weighted by Gasteiger charge is -2.06. The van der Waals surface area contributed by atoms with Crippen LogP contribution in [0.15, 0.2) is 30.3 Å². The van der Waals surface area contributed by atoms with Crippen LogP contribution in [-0.2, 0) is 6.61 Å². The predicted molar refractivity (Wildman–Crippen MR) is 83.4 cm³/mol. The summed E-state index contributed by atoms with van der Waals surface area (Å²) in [4.78, 5) is 2.11. The number of aliphatic hydroxyl groups excluding tert-OH is 1. The molecule has 2 aromatic rings. The second-order valence-corrected chi connectivity index (χ2v) is 5.82. The molecule has 0 amide bonds. The van der Waals surface area contributed by atoms with Gasteiger partial charge in [-0.1, -0.05) is 23.4 Å². The highest BCUT2D eigenvalue weighted by molar-refractivity contribution is 7.12. The fraction of sp³-hybridized carbons (Fsp3) is 0.250. The topological polar surface area (TPSA) is 29.5 Å². The molecule has 1 N–H and O–H groups in total. The van der Waals surface area contributed by atoms with Crippen molar-refractivity contribution in [2.45, 2.75) is 20.0 Å². The van der Waals surface area contributed by atoms with Crippen LogP contribution in [0.3, 0.4) is 0 Å². The van der Waals surface area contributed by atoms with E-state index in [0.29, 0.717) is 13.0 Å². The molecule has 0 radical (unpaired) electrons. The van der Waals surface area contributed by atoms with Gasteiger partial charge in [0, 0.05) is 16.3 Å². The van der Waals surface area contributed by atoms with Gasteiger partial charge < -0.3 is 9.84 Å². The molecule has 0 fully saturated rings. The smallest absolute Gasteiger partial charge is 0.122 e. The van der Waals surface area contributed by atoms with Crippen LogP contribution in [0.1, 0.15) is 21.7 Å². The lowest BCUT2D eigenvalue weighted by atomic mass is 10.2. The van der Waals surface area contributed by atoms with E-state index in [-0.39, 0.29) is 6.61 Å². The van der Waals surface area contributed by atoms with Crippen molar-refractivity contribution in [3.05, 3.63) is 50.7 Å². The molecule has 4 heteroatoms. The first-order valence-electron chi connectivity index (χ1n) is 6.26. The normalized spacial score (nSPS) is 9.95. The van der Waals surface area contributed by atoms with Gasteiger partial charge in [-0.05, 0) is 42.8 Å².